The van der Waals surface area contributed by atoms with Gasteiger partial charge >= 0.3 is 12.1 Å². The van der Waals surface area contributed by atoms with Crippen molar-refractivity contribution in [2.24, 2.45) is 0 Å². The van der Waals surface area contributed by atoms with Gasteiger partial charge in [0.15, 0.2) is 6.61 Å². The Morgan fingerprint density at radius 2 is 2.00 bits per heavy atom. The second kappa shape index (κ2) is 6.27. The average molecular weight is 291 g/mol. The molecule has 2 N–H and O–H groups in total. The van der Waals surface area contributed by atoms with E-state index < -0.39 is 31.2 Å². The minimum Gasteiger partial charge on any atom is -0.484 e. The van der Waals surface area contributed by atoms with Gasteiger partial charge in [-0.1, -0.05) is 0 Å². The van der Waals surface area contributed by atoms with Crippen molar-refractivity contribution in [3.05, 3.63) is 29.3 Å². The van der Waals surface area contributed by atoms with Crippen LogP contribution in [0.5, 0.6) is 5.75 Å². The molecule has 1 amide bonds. The van der Waals surface area contributed by atoms with Crippen LogP contribution in [0.25, 0.3) is 0 Å². The Balaban J connectivity index is 2.52. The highest BCUT2D eigenvalue weighted by atomic mass is 19.4. The van der Waals surface area contributed by atoms with Crippen LogP contribution in [0, 0.1) is 6.92 Å². The molecule has 0 aromatic heterocycles. The lowest BCUT2D eigenvalue weighted by Gasteiger charge is -2.10. The van der Waals surface area contributed by atoms with Crippen LogP contribution in [0.1, 0.15) is 15.9 Å². The molecule has 110 valence electrons. The van der Waals surface area contributed by atoms with E-state index in [9.17, 15) is 22.8 Å². The van der Waals surface area contributed by atoms with Crippen molar-refractivity contribution in [1.82, 2.24) is 5.32 Å². The van der Waals surface area contributed by atoms with Crippen molar-refractivity contribution in [3.63, 3.8) is 0 Å². The van der Waals surface area contributed by atoms with E-state index >= 15 is 0 Å². The normalized spacial score (nSPS) is 11.0. The van der Waals surface area contributed by atoms with Crippen LogP contribution in [0.3, 0.4) is 0 Å². The van der Waals surface area contributed by atoms with Gasteiger partial charge in [0.25, 0.3) is 5.91 Å². The molecule has 0 atom stereocenters. The van der Waals surface area contributed by atoms with Crippen LogP contribution < -0.4 is 10.1 Å². The molecule has 1 rings (SSSR count). The van der Waals surface area contributed by atoms with E-state index in [0.29, 0.717) is 5.56 Å². The quantitative estimate of drug-likeness (QED) is 0.866. The molecule has 5 nitrogen and oxygen atoms in total. The fourth-order valence-electron chi connectivity index (χ4n) is 1.36. The summed E-state index contributed by atoms with van der Waals surface area (Å²) in [6.07, 6.45) is -4.48. The zero-order valence-electron chi connectivity index (χ0n) is 10.5. The fraction of sp³-hybridized carbons (Fsp3) is 0.333. The van der Waals surface area contributed by atoms with Crippen molar-refractivity contribution < 1.29 is 32.6 Å². The number of hydrogen-bond donors (Lipinski definition) is 2. The predicted molar refractivity (Wildman–Crippen MR) is 62.7 cm³/mol. The maximum Gasteiger partial charge on any atom is 0.405 e. The van der Waals surface area contributed by atoms with E-state index in [4.69, 9.17) is 9.84 Å². The number of ether oxygens (including phenoxy) is 1. The molecule has 0 bridgehead atoms. The molecule has 0 aliphatic heterocycles. The molecule has 0 spiro atoms. The number of benzene rings is 1. The van der Waals surface area contributed by atoms with E-state index in [1.54, 1.807) is 12.2 Å². The molecule has 0 aliphatic carbocycles. The first-order valence-electron chi connectivity index (χ1n) is 5.49. The largest absolute Gasteiger partial charge is 0.484 e. The first kappa shape index (κ1) is 15.8. The molecule has 0 heterocycles. The van der Waals surface area contributed by atoms with Crippen molar-refractivity contribution in [2.75, 3.05) is 13.2 Å². The summed E-state index contributed by atoms with van der Waals surface area (Å²) in [5.41, 5.74) is 0.504. The summed E-state index contributed by atoms with van der Waals surface area (Å²) in [4.78, 5) is 21.9. The number of nitrogens with one attached hydrogen (secondary N) is 1. The Kier molecular flexibility index (Phi) is 4.95. The summed E-state index contributed by atoms with van der Waals surface area (Å²) in [5.74, 6) is -1.81. The fourth-order valence-corrected chi connectivity index (χ4v) is 1.36. The summed E-state index contributed by atoms with van der Waals surface area (Å²) in [5, 5.41) is 10.5. The van der Waals surface area contributed by atoms with Crippen molar-refractivity contribution in [3.8, 4) is 5.75 Å². The number of hydrogen-bond acceptors (Lipinski definition) is 3. The summed E-state index contributed by atoms with van der Waals surface area (Å²) >= 11 is 0. The van der Waals surface area contributed by atoms with Gasteiger partial charge in [-0.3, -0.25) is 4.79 Å². The minimum atomic E-state index is -4.48. The molecular weight excluding hydrogens is 279 g/mol. The Bertz CT molecular complexity index is 514. The number of amides is 1. The van der Waals surface area contributed by atoms with Crippen LogP contribution in [0.4, 0.5) is 13.2 Å². The summed E-state index contributed by atoms with van der Waals surface area (Å²) in [6, 6.07) is 4.01. The maximum absolute atomic E-state index is 11.8. The number of carbonyl (C=O) groups is 2. The second-order valence-corrected chi connectivity index (χ2v) is 3.96. The highest BCUT2D eigenvalue weighted by Gasteiger charge is 2.27. The van der Waals surface area contributed by atoms with E-state index in [1.807, 2.05) is 0 Å². The maximum atomic E-state index is 11.8. The smallest absolute Gasteiger partial charge is 0.405 e. The number of halogens is 3. The standard InChI is InChI=1S/C12H12F3NO4/c1-7-4-8(2-3-9(7)11(18)19)20-5-10(17)16-6-12(13,14)15/h2-4H,5-6H2,1H3,(H,16,17)(H,18,19). The molecule has 1 aromatic carbocycles. The van der Waals surface area contributed by atoms with Crippen LogP contribution in [-0.2, 0) is 4.79 Å². The van der Waals surface area contributed by atoms with Crippen LogP contribution in [0.15, 0.2) is 18.2 Å². The number of rotatable bonds is 5. The molecule has 0 aliphatic rings. The lowest BCUT2D eigenvalue weighted by Crippen LogP contribution is -2.36. The minimum absolute atomic E-state index is 0.0823. The number of carbonyl (C=O) groups excluding carboxylic acids is 1. The molecule has 20 heavy (non-hydrogen) atoms. The van der Waals surface area contributed by atoms with Gasteiger partial charge in [-0.2, -0.15) is 13.2 Å². The SMILES string of the molecule is Cc1cc(OCC(=O)NCC(F)(F)F)ccc1C(=O)O. The average Bonchev–Trinajstić information content (AvgIpc) is 2.32. The first-order chi connectivity index (χ1) is 9.19. The van der Waals surface area contributed by atoms with Gasteiger partial charge in [-0.05, 0) is 30.7 Å². The number of carboxylic acid groups (broad SMARTS) is 1. The summed E-state index contributed by atoms with van der Waals surface area (Å²) in [6.45, 7) is -0.464. The lowest BCUT2D eigenvalue weighted by molar-refractivity contribution is -0.139. The first-order valence-corrected chi connectivity index (χ1v) is 5.49. The number of aromatic carboxylic acids is 1. The van der Waals surface area contributed by atoms with Crippen molar-refractivity contribution in [2.45, 2.75) is 13.1 Å². The van der Waals surface area contributed by atoms with Gasteiger partial charge < -0.3 is 15.2 Å². The zero-order valence-corrected chi connectivity index (χ0v) is 10.5. The topological polar surface area (TPSA) is 75.6 Å². The summed E-state index contributed by atoms with van der Waals surface area (Å²) in [7, 11) is 0. The van der Waals surface area contributed by atoms with Gasteiger partial charge in [0.2, 0.25) is 0 Å². The zero-order chi connectivity index (χ0) is 15.3. The summed E-state index contributed by atoms with van der Waals surface area (Å²) < 4.78 is 40.5. The molecule has 0 radical (unpaired) electrons. The van der Waals surface area contributed by atoms with Crippen LogP contribution >= 0.6 is 0 Å². The highest BCUT2D eigenvalue weighted by molar-refractivity contribution is 5.89. The van der Waals surface area contributed by atoms with Crippen molar-refractivity contribution in [1.29, 1.82) is 0 Å². The molecule has 8 heteroatoms. The third-order valence-corrected chi connectivity index (χ3v) is 2.28. The van der Waals surface area contributed by atoms with Gasteiger partial charge in [-0.15, -0.1) is 0 Å². The molecule has 0 saturated carbocycles. The van der Waals surface area contributed by atoms with E-state index in [0.717, 1.165) is 0 Å². The predicted octanol–water partition coefficient (Wildman–Crippen LogP) is 1.75. The van der Waals surface area contributed by atoms with E-state index in [1.165, 1.54) is 18.2 Å². The Hall–Kier alpha value is -2.25. The molecular formula is C12H12F3NO4. The Morgan fingerprint density at radius 3 is 2.50 bits per heavy atom. The molecule has 0 unspecified atom stereocenters. The van der Waals surface area contributed by atoms with Gasteiger partial charge in [0, 0.05) is 0 Å². The van der Waals surface area contributed by atoms with Gasteiger partial charge in [-0.25, -0.2) is 4.79 Å². The molecule has 1 aromatic rings. The van der Waals surface area contributed by atoms with Gasteiger partial charge in [0.1, 0.15) is 12.3 Å². The Morgan fingerprint density at radius 1 is 1.35 bits per heavy atom. The third kappa shape index (κ3) is 5.17. The van der Waals surface area contributed by atoms with E-state index in [-0.39, 0.29) is 11.3 Å². The number of alkyl halides is 3. The van der Waals surface area contributed by atoms with E-state index in [2.05, 4.69) is 0 Å². The molecule has 0 saturated heterocycles. The monoisotopic (exact) mass is 291 g/mol. The lowest BCUT2D eigenvalue weighted by atomic mass is 10.1. The second-order valence-electron chi connectivity index (χ2n) is 3.96. The third-order valence-electron chi connectivity index (χ3n) is 2.28. The van der Waals surface area contributed by atoms with Crippen LogP contribution in [-0.4, -0.2) is 36.3 Å². The molecule has 0 fully saturated rings. The van der Waals surface area contributed by atoms with Crippen molar-refractivity contribution >= 4 is 11.9 Å². The number of carboxylic acids is 1. The highest BCUT2D eigenvalue weighted by Crippen LogP contribution is 2.17. The van der Waals surface area contributed by atoms with Crippen LogP contribution in [0.2, 0.25) is 0 Å². The Labute approximate surface area is 112 Å². The number of aryl methyl sites for hydroxylation is 1. The van der Waals surface area contributed by atoms with Gasteiger partial charge in [0.05, 0.1) is 5.56 Å².